The number of aryl methyl sites for hydroxylation is 1. The van der Waals surface area contributed by atoms with E-state index in [0.717, 1.165) is 38.2 Å². The topological polar surface area (TPSA) is 98.0 Å². The maximum Gasteiger partial charge on any atom is 0.317 e. The second-order valence-corrected chi connectivity index (χ2v) is 14.9. The SMILES string of the molecule is CCNC(=O)N1CCN(C(=O)C2(Sc3ccc(C)cc3)CC(=O)N(Cc3ccc(Oc4ccccc4)cc3)C2c2c[nH]c3cc(Cl)ccc23)CC1. The number of aromatic nitrogens is 1. The number of likely N-dealkylation sites (tertiary alicyclic amines) is 1. The Morgan fingerprint density at radius 1 is 0.922 bits per heavy atom. The molecular weight excluding hydrogens is 682 g/mol. The van der Waals surface area contributed by atoms with Crippen molar-refractivity contribution >= 4 is 52.1 Å². The first-order valence-corrected chi connectivity index (χ1v) is 18.4. The second-order valence-electron chi connectivity index (χ2n) is 13.0. The van der Waals surface area contributed by atoms with Crippen LogP contribution in [0.1, 0.15) is 36.1 Å². The van der Waals surface area contributed by atoms with Gasteiger partial charge in [0, 0.05) is 71.8 Å². The van der Waals surface area contributed by atoms with Crippen LogP contribution in [0.4, 0.5) is 4.79 Å². The lowest BCUT2D eigenvalue weighted by molar-refractivity contribution is -0.136. The number of H-pyrrole nitrogens is 1. The number of hydrogen-bond acceptors (Lipinski definition) is 5. The smallest absolute Gasteiger partial charge is 0.317 e. The van der Waals surface area contributed by atoms with Crippen molar-refractivity contribution in [2.24, 2.45) is 0 Å². The minimum absolute atomic E-state index is 0.0149. The zero-order chi connectivity index (χ0) is 35.5. The first kappa shape index (κ1) is 34.5. The van der Waals surface area contributed by atoms with Gasteiger partial charge in [-0.25, -0.2) is 4.79 Å². The quantitative estimate of drug-likeness (QED) is 0.162. The number of halogens is 1. The Balaban J connectivity index is 1.28. The van der Waals surface area contributed by atoms with Crippen LogP contribution in [0.5, 0.6) is 11.5 Å². The number of hydrogen-bond donors (Lipinski definition) is 2. The molecule has 1 aromatic heterocycles. The number of carbonyl (C=O) groups excluding carboxylic acids is 3. The Labute approximate surface area is 306 Å². The molecule has 0 radical (unpaired) electrons. The van der Waals surface area contributed by atoms with Gasteiger partial charge >= 0.3 is 6.03 Å². The molecule has 2 atom stereocenters. The Hall–Kier alpha value is -4.93. The van der Waals surface area contributed by atoms with E-state index < -0.39 is 10.8 Å². The predicted octanol–water partition coefficient (Wildman–Crippen LogP) is 7.80. The zero-order valence-electron chi connectivity index (χ0n) is 28.6. The number of aromatic amines is 1. The standard InChI is InChI=1S/C40H40ClN5O4S/c1-3-42-39(49)45-21-19-44(20-22-45)38(48)40(51-32-16-9-27(2)10-17-32)24-36(47)46(37(40)34-25-43-35-23-29(41)13-18-33(34)35)26-28-11-14-31(15-12-28)50-30-7-5-4-6-8-30/h4-18,23,25,37,43H,3,19-22,24,26H2,1-2H3,(H,42,49). The molecule has 262 valence electrons. The molecule has 2 N–H and O–H groups in total. The van der Waals surface area contributed by atoms with E-state index in [0.29, 0.717) is 50.0 Å². The predicted molar refractivity (Wildman–Crippen MR) is 201 cm³/mol. The van der Waals surface area contributed by atoms with Crippen LogP contribution < -0.4 is 10.1 Å². The minimum Gasteiger partial charge on any atom is -0.457 e. The van der Waals surface area contributed by atoms with E-state index in [2.05, 4.69) is 10.3 Å². The summed E-state index contributed by atoms with van der Waals surface area (Å²) in [4.78, 5) is 52.0. The summed E-state index contributed by atoms with van der Waals surface area (Å²) in [5.74, 6) is 1.21. The Kier molecular flexibility index (Phi) is 9.97. The molecule has 2 aliphatic heterocycles. The van der Waals surface area contributed by atoms with Crippen LogP contribution >= 0.6 is 23.4 Å². The number of thioether (sulfide) groups is 1. The van der Waals surface area contributed by atoms with Crippen LogP contribution in [0.15, 0.2) is 108 Å². The van der Waals surface area contributed by atoms with E-state index in [1.807, 2.05) is 127 Å². The molecule has 2 fully saturated rings. The van der Waals surface area contributed by atoms with E-state index in [1.54, 1.807) is 4.90 Å². The number of carbonyl (C=O) groups is 3. The first-order valence-electron chi connectivity index (χ1n) is 17.2. The van der Waals surface area contributed by atoms with Crippen LogP contribution in [0.25, 0.3) is 10.9 Å². The normalized spacial score (nSPS) is 19.1. The summed E-state index contributed by atoms with van der Waals surface area (Å²) < 4.78 is 4.82. The van der Waals surface area contributed by atoms with Crippen molar-refractivity contribution in [1.29, 1.82) is 0 Å². The second kappa shape index (κ2) is 14.7. The molecule has 3 heterocycles. The fraction of sp³-hybridized carbons (Fsp3) is 0.275. The molecule has 9 nitrogen and oxygen atoms in total. The number of amides is 4. The molecule has 2 saturated heterocycles. The molecule has 4 aromatic carbocycles. The van der Waals surface area contributed by atoms with Gasteiger partial charge in [0.25, 0.3) is 0 Å². The van der Waals surface area contributed by atoms with Crippen molar-refractivity contribution < 1.29 is 19.1 Å². The van der Waals surface area contributed by atoms with Crippen LogP contribution in [-0.4, -0.2) is 75.0 Å². The summed E-state index contributed by atoms with van der Waals surface area (Å²) in [7, 11) is 0. The number of para-hydroxylation sites is 1. The van der Waals surface area contributed by atoms with Crippen molar-refractivity contribution in [3.63, 3.8) is 0 Å². The number of urea groups is 1. The van der Waals surface area contributed by atoms with E-state index in [-0.39, 0.29) is 24.3 Å². The van der Waals surface area contributed by atoms with Crippen LogP contribution in [0, 0.1) is 6.92 Å². The maximum absolute atomic E-state index is 15.2. The fourth-order valence-corrected chi connectivity index (χ4v) is 8.68. The molecule has 0 bridgehead atoms. The van der Waals surface area contributed by atoms with Gasteiger partial charge in [0.05, 0.1) is 12.5 Å². The van der Waals surface area contributed by atoms with Gasteiger partial charge in [0.2, 0.25) is 11.8 Å². The third-order valence-corrected chi connectivity index (χ3v) is 11.2. The monoisotopic (exact) mass is 721 g/mol. The van der Waals surface area contributed by atoms with Gasteiger partial charge in [0.1, 0.15) is 16.2 Å². The van der Waals surface area contributed by atoms with Gasteiger partial charge in [-0.3, -0.25) is 9.59 Å². The number of nitrogens with zero attached hydrogens (tertiary/aromatic N) is 3. The molecule has 7 rings (SSSR count). The molecule has 0 spiro atoms. The van der Waals surface area contributed by atoms with Crippen LogP contribution in [-0.2, 0) is 16.1 Å². The molecular formula is C40H40ClN5O4S. The third-order valence-electron chi connectivity index (χ3n) is 9.58. The largest absolute Gasteiger partial charge is 0.457 e. The molecule has 51 heavy (non-hydrogen) atoms. The number of nitrogens with one attached hydrogen (secondary N) is 2. The van der Waals surface area contributed by atoms with E-state index in [4.69, 9.17) is 16.3 Å². The summed E-state index contributed by atoms with van der Waals surface area (Å²) in [6, 6.07) is 30.3. The Morgan fingerprint density at radius 3 is 2.31 bits per heavy atom. The number of benzene rings is 4. The summed E-state index contributed by atoms with van der Waals surface area (Å²) in [5, 5.41) is 4.36. The fourth-order valence-electron chi connectivity index (χ4n) is 7.04. The van der Waals surface area contributed by atoms with Crippen molar-refractivity contribution in [2.45, 2.75) is 42.5 Å². The molecule has 4 amide bonds. The van der Waals surface area contributed by atoms with Gasteiger partial charge in [-0.1, -0.05) is 65.7 Å². The highest BCUT2D eigenvalue weighted by Gasteiger charge is 2.60. The number of fused-ring (bicyclic) bond motifs is 1. The number of piperazine rings is 1. The van der Waals surface area contributed by atoms with Crippen LogP contribution in [0.3, 0.4) is 0 Å². The lowest BCUT2D eigenvalue weighted by Crippen LogP contribution is -2.58. The summed E-state index contributed by atoms with van der Waals surface area (Å²) in [5.41, 5.74) is 3.70. The Morgan fingerprint density at radius 2 is 1.61 bits per heavy atom. The summed E-state index contributed by atoms with van der Waals surface area (Å²) >= 11 is 7.86. The molecule has 0 saturated carbocycles. The first-order chi connectivity index (χ1) is 24.7. The minimum atomic E-state index is -1.20. The Bertz CT molecular complexity index is 2030. The van der Waals surface area contributed by atoms with Crippen LogP contribution in [0.2, 0.25) is 5.02 Å². The van der Waals surface area contributed by atoms with Crippen molar-refractivity contribution in [1.82, 2.24) is 25.0 Å². The third kappa shape index (κ3) is 7.16. The molecule has 2 unspecified atom stereocenters. The van der Waals surface area contributed by atoms with Gasteiger partial charge in [-0.2, -0.15) is 0 Å². The number of ether oxygens (including phenoxy) is 1. The van der Waals surface area contributed by atoms with Crippen molar-refractivity contribution in [2.75, 3.05) is 32.7 Å². The maximum atomic E-state index is 15.2. The average Bonchev–Trinajstić information content (AvgIpc) is 3.67. The van der Waals surface area contributed by atoms with E-state index in [9.17, 15) is 9.59 Å². The summed E-state index contributed by atoms with van der Waals surface area (Å²) in [6.45, 7) is 6.32. The summed E-state index contributed by atoms with van der Waals surface area (Å²) in [6.07, 6.45) is 1.93. The van der Waals surface area contributed by atoms with E-state index >= 15 is 4.79 Å². The highest BCUT2D eigenvalue weighted by Crippen LogP contribution is 2.55. The highest BCUT2D eigenvalue weighted by molar-refractivity contribution is 8.01. The molecule has 0 aliphatic carbocycles. The average molecular weight is 722 g/mol. The lowest BCUT2D eigenvalue weighted by Gasteiger charge is -2.42. The van der Waals surface area contributed by atoms with Crippen molar-refractivity contribution in [3.05, 3.63) is 125 Å². The number of rotatable bonds is 9. The lowest BCUT2D eigenvalue weighted by atomic mass is 9.90. The van der Waals surface area contributed by atoms with E-state index in [1.165, 1.54) is 11.8 Å². The van der Waals surface area contributed by atoms with Gasteiger partial charge in [-0.05, 0) is 67.9 Å². The molecule has 5 aromatic rings. The van der Waals surface area contributed by atoms with Gasteiger partial charge in [0.15, 0.2) is 0 Å². The molecule has 2 aliphatic rings. The van der Waals surface area contributed by atoms with Crippen molar-refractivity contribution in [3.8, 4) is 11.5 Å². The van der Waals surface area contributed by atoms with Gasteiger partial charge < -0.3 is 29.7 Å². The zero-order valence-corrected chi connectivity index (χ0v) is 30.2. The molecule has 11 heteroatoms. The highest BCUT2D eigenvalue weighted by atomic mass is 35.5. The van der Waals surface area contributed by atoms with Gasteiger partial charge in [-0.15, -0.1) is 11.8 Å².